The minimum Gasteiger partial charge on any atom is -0.419 e. The van der Waals surface area contributed by atoms with E-state index in [1.54, 1.807) is 0 Å². The van der Waals surface area contributed by atoms with Gasteiger partial charge in [0.25, 0.3) is 5.89 Å². The second-order valence-corrected chi connectivity index (χ2v) is 7.22. The fourth-order valence-corrected chi connectivity index (χ4v) is 3.79. The van der Waals surface area contributed by atoms with Gasteiger partial charge in [-0.1, -0.05) is 38.0 Å². The number of aromatic nitrogens is 3. The lowest BCUT2D eigenvalue weighted by Gasteiger charge is -2.21. The monoisotopic (exact) mass is 366 g/mol. The smallest absolute Gasteiger partial charge is 0.264 e. The molecule has 0 unspecified atom stereocenters. The van der Waals surface area contributed by atoms with Crippen LogP contribution >= 0.6 is 0 Å². The molecule has 0 spiro atoms. The molecule has 1 aromatic carbocycles. The molecule has 4 rings (SSSR count). The van der Waals surface area contributed by atoms with E-state index in [0.717, 1.165) is 55.4 Å². The molecule has 3 heterocycles. The standard InChI is InChI=1S/C21H26N4O2/c1-2-9-19-22-23-21(27-19)18-14-16-10-5-6-11-17(16)25(18)15-20(26)24-12-7-3-4-8-13-24/h5-6,10-11,14H,2-4,7-9,12-13,15H2,1H3. The van der Waals surface area contributed by atoms with E-state index < -0.39 is 0 Å². The Morgan fingerprint density at radius 2 is 1.89 bits per heavy atom. The highest BCUT2D eigenvalue weighted by Crippen LogP contribution is 2.28. The summed E-state index contributed by atoms with van der Waals surface area (Å²) in [4.78, 5) is 15.0. The maximum atomic E-state index is 13.0. The van der Waals surface area contributed by atoms with Crippen LogP contribution in [0.2, 0.25) is 0 Å². The van der Waals surface area contributed by atoms with Crippen LogP contribution < -0.4 is 0 Å². The topological polar surface area (TPSA) is 64.2 Å². The summed E-state index contributed by atoms with van der Waals surface area (Å²) >= 11 is 0. The number of rotatable bonds is 5. The van der Waals surface area contributed by atoms with Gasteiger partial charge >= 0.3 is 0 Å². The second-order valence-electron chi connectivity index (χ2n) is 7.22. The molecule has 0 atom stereocenters. The van der Waals surface area contributed by atoms with Gasteiger partial charge in [-0.2, -0.15) is 0 Å². The second kappa shape index (κ2) is 7.94. The van der Waals surface area contributed by atoms with Crippen molar-refractivity contribution in [1.29, 1.82) is 0 Å². The van der Waals surface area contributed by atoms with Crippen molar-refractivity contribution in [1.82, 2.24) is 19.7 Å². The summed E-state index contributed by atoms with van der Waals surface area (Å²) in [7, 11) is 0. The first-order valence-electron chi connectivity index (χ1n) is 9.95. The number of para-hydroxylation sites is 1. The van der Waals surface area contributed by atoms with Gasteiger partial charge in [-0.25, -0.2) is 0 Å². The Balaban J connectivity index is 1.68. The molecule has 0 N–H and O–H groups in total. The Hall–Kier alpha value is -2.63. The van der Waals surface area contributed by atoms with Crippen LogP contribution in [0.25, 0.3) is 22.5 Å². The van der Waals surface area contributed by atoms with Crippen molar-refractivity contribution in [3.05, 3.63) is 36.2 Å². The highest BCUT2D eigenvalue weighted by molar-refractivity contribution is 5.88. The molecule has 1 amide bonds. The number of hydrogen-bond donors (Lipinski definition) is 0. The van der Waals surface area contributed by atoms with Gasteiger partial charge in [-0.3, -0.25) is 4.79 Å². The quantitative estimate of drug-likeness (QED) is 0.683. The third kappa shape index (κ3) is 3.75. The van der Waals surface area contributed by atoms with Gasteiger partial charge in [0, 0.05) is 30.4 Å². The Morgan fingerprint density at radius 1 is 1.11 bits per heavy atom. The first-order valence-corrected chi connectivity index (χ1v) is 9.95. The summed E-state index contributed by atoms with van der Waals surface area (Å²) < 4.78 is 7.88. The average Bonchev–Trinajstić information content (AvgIpc) is 3.17. The van der Waals surface area contributed by atoms with Gasteiger partial charge in [0.15, 0.2) is 0 Å². The van der Waals surface area contributed by atoms with Crippen LogP contribution in [-0.2, 0) is 17.8 Å². The van der Waals surface area contributed by atoms with Gasteiger partial charge in [0.05, 0.1) is 0 Å². The molecular weight excluding hydrogens is 340 g/mol. The predicted octanol–water partition coefficient (Wildman–Crippen LogP) is 4.05. The summed E-state index contributed by atoms with van der Waals surface area (Å²) in [6, 6.07) is 10.1. The van der Waals surface area contributed by atoms with Crippen molar-refractivity contribution in [2.75, 3.05) is 13.1 Å². The van der Waals surface area contributed by atoms with E-state index in [1.807, 2.05) is 33.7 Å². The first-order chi connectivity index (χ1) is 13.3. The number of fused-ring (bicyclic) bond motifs is 1. The Morgan fingerprint density at radius 3 is 2.67 bits per heavy atom. The minimum atomic E-state index is 0.160. The highest BCUT2D eigenvalue weighted by Gasteiger charge is 2.21. The largest absolute Gasteiger partial charge is 0.419 e. The minimum absolute atomic E-state index is 0.160. The summed E-state index contributed by atoms with van der Waals surface area (Å²) in [5, 5.41) is 9.46. The lowest BCUT2D eigenvalue weighted by molar-refractivity contribution is -0.131. The molecule has 0 radical (unpaired) electrons. The Labute approximate surface area is 159 Å². The summed E-state index contributed by atoms with van der Waals surface area (Å²) in [6.07, 6.45) is 6.33. The third-order valence-corrected chi connectivity index (χ3v) is 5.21. The molecule has 1 fully saturated rings. The van der Waals surface area contributed by atoms with E-state index in [2.05, 4.69) is 23.2 Å². The zero-order valence-corrected chi connectivity index (χ0v) is 15.9. The molecule has 0 bridgehead atoms. The van der Waals surface area contributed by atoms with E-state index in [-0.39, 0.29) is 5.91 Å². The molecule has 1 aliphatic heterocycles. The maximum absolute atomic E-state index is 13.0. The lowest BCUT2D eigenvalue weighted by Crippen LogP contribution is -2.34. The number of aryl methyl sites for hydroxylation is 1. The normalized spacial score (nSPS) is 15.2. The number of likely N-dealkylation sites (tertiary alicyclic amines) is 1. The number of benzene rings is 1. The fourth-order valence-electron chi connectivity index (χ4n) is 3.79. The molecule has 6 heteroatoms. The van der Waals surface area contributed by atoms with Crippen LogP contribution in [0.1, 0.15) is 44.9 Å². The van der Waals surface area contributed by atoms with E-state index >= 15 is 0 Å². The Kier molecular flexibility index (Phi) is 5.23. The number of carbonyl (C=O) groups excluding carboxylic acids is 1. The van der Waals surface area contributed by atoms with E-state index in [4.69, 9.17) is 4.42 Å². The van der Waals surface area contributed by atoms with Crippen LogP contribution in [-0.4, -0.2) is 38.7 Å². The van der Waals surface area contributed by atoms with Gasteiger partial charge in [-0.05, 0) is 31.4 Å². The van der Waals surface area contributed by atoms with Crippen molar-refractivity contribution in [3.63, 3.8) is 0 Å². The fraction of sp³-hybridized carbons (Fsp3) is 0.476. The van der Waals surface area contributed by atoms with Gasteiger partial charge in [0.1, 0.15) is 12.2 Å². The van der Waals surface area contributed by atoms with Crippen LogP contribution in [0.5, 0.6) is 0 Å². The van der Waals surface area contributed by atoms with Gasteiger partial charge in [-0.15, -0.1) is 10.2 Å². The molecular formula is C21H26N4O2. The average molecular weight is 366 g/mol. The van der Waals surface area contributed by atoms with Crippen molar-refractivity contribution < 1.29 is 9.21 Å². The highest BCUT2D eigenvalue weighted by atomic mass is 16.4. The van der Waals surface area contributed by atoms with Crippen LogP contribution in [0.4, 0.5) is 0 Å². The van der Waals surface area contributed by atoms with Crippen molar-refractivity contribution in [2.24, 2.45) is 0 Å². The number of nitrogens with zero attached hydrogens (tertiary/aromatic N) is 4. The predicted molar refractivity (Wildman–Crippen MR) is 104 cm³/mol. The van der Waals surface area contributed by atoms with E-state index in [9.17, 15) is 4.79 Å². The van der Waals surface area contributed by atoms with Crippen LogP contribution in [0.3, 0.4) is 0 Å². The molecule has 2 aromatic heterocycles. The Bertz CT molecular complexity index is 919. The molecule has 142 valence electrons. The molecule has 27 heavy (non-hydrogen) atoms. The van der Waals surface area contributed by atoms with Crippen molar-refractivity contribution >= 4 is 16.8 Å². The van der Waals surface area contributed by atoms with Crippen LogP contribution in [0.15, 0.2) is 34.7 Å². The summed E-state index contributed by atoms with van der Waals surface area (Å²) in [6.45, 7) is 4.10. The molecule has 6 nitrogen and oxygen atoms in total. The molecule has 0 aliphatic carbocycles. The molecule has 0 saturated carbocycles. The lowest BCUT2D eigenvalue weighted by atomic mass is 10.2. The van der Waals surface area contributed by atoms with Crippen molar-refractivity contribution in [3.8, 4) is 11.6 Å². The third-order valence-electron chi connectivity index (χ3n) is 5.21. The molecule has 1 aliphatic rings. The first kappa shape index (κ1) is 17.8. The number of hydrogen-bond acceptors (Lipinski definition) is 4. The zero-order valence-electron chi connectivity index (χ0n) is 15.9. The van der Waals surface area contributed by atoms with Crippen LogP contribution in [0, 0.1) is 0 Å². The van der Waals surface area contributed by atoms with E-state index in [0.29, 0.717) is 18.3 Å². The van der Waals surface area contributed by atoms with Gasteiger partial charge in [0.2, 0.25) is 11.8 Å². The van der Waals surface area contributed by atoms with Gasteiger partial charge < -0.3 is 13.9 Å². The van der Waals surface area contributed by atoms with Crippen molar-refractivity contribution in [2.45, 2.75) is 52.0 Å². The SMILES string of the molecule is CCCc1nnc(-c2cc3ccccc3n2CC(=O)N2CCCCCC2)o1. The molecule has 3 aromatic rings. The summed E-state index contributed by atoms with van der Waals surface area (Å²) in [5.41, 5.74) is 1.83. The summed E-state index contributed by atoms with van der Waals surface area (Å²) in [5.74, 6) is 1.29. The van der Waals surface area contributed by atoms with E-state index in [1.165, 1.54) is 12.8 Å². The number of carbonyl (C=O) groups is 1. The number of amides is 1. The zero-order chi connectivity index (χ0) is 18.6. The maximum Gasteiger partial charge on any atom is 0.264 e. The molecule has 1 saturated heterocycles.